The van der Waals surface area contributed by atoms with Gasteiger partial charge in [0.15, 0.2) is 0 Å². The van der Waals surface area contributed by atoms with Gasteiger partial charge in [0, 0.05) is 22.3 Å². The van der Waals surface area contributed by atoms with Crippen molar-refractivity contribution in [2.45, 2.75) is 7.43 Å². The smallest absolute Gasteiger partial charge is 0.545 e. The Balaban J connectivity index is -0.000000499. The zero-order valence-electron chi connectivity index (χ0n) is 51.6. The summed E-state index contributed by atoms with van der Waals surface area (Å²) in [5, 5.41) is 85.6. The maximum atomic E-state index is 10.8. The molecule has 93 heavy (non-hydrogen) atoms. The second kappa shape index (κ2) is 53.7. The van der Waals surface area contributed by atoms with Crippen LogP contribution in [-0.2, 0) is 9.59 Å². The summed E-state index contributed by atoms with van der Waals surface area (Å²) in [4.78, 5) is 90.9. The Morgan fingerprint density at radius 3 is 0.645 bits per heavy atom. The van der Waals surface area contributed by atoms with Gasteiger partial charge in [-0.25, -0.2) is 0 Å². The van der Waals surface area contributed by atoms with Gasteiger partial charge in [-0.3, -0.25) is 0 Å². The molecule has 0 unspecified atom stereocenters. The van der Waals surface area contributed by atoms with Crippen molar-refractivity contribution < 1.29 is 490 Å². The molecule has 0 aliphatic rings. The van der Waals surface area contributed by atoms with Crippen LogP contribution in [0.15, 0.2) is 243 Å². The zero-order chi connectivity index (χ0) is 60.7. The van der Waals surface area contributed by atoms with E-state index in [1.165, 1.54) is 41.1 Å². The molecular formula is C69H44K8O16. The van der Waals surface area contributed by atoms with Gasteiger partial charge in [-0.2, -0.15) is 33.9 Å². The van der Waals surface area contributed by atoms with Gasteiger partial charge < -0.3 is 69.3 Å². The number of rotatable bonds is 7. The Hall–Kier alpha value is 0.961. The van der Waals surface area contributed by atoms with Crippen LogP contribution in [0.2, 0.25) is 0 Å². The average molecular weight is 1440 g/mol. The fourth-order valence-corrected chi connectivity index (χ4v) is 8.17. The van der Waals surface area contributed by atoms with Gasteiger partial charge in [0.05, 0.1) is 41.8 Å². The van der Waals surface area contributed by atoms with E-state index >= 15 is 0 Å². The molecule has 0 spiro atoms. The zero-order valence-corrected chi connectivity index (χ0v) is 76.6. The molecule has 0 aliphatic carbocycles. The Morgan fingerprint density at radius 2 is 0.430 bits per heavy atom. The van der Waals surface area contributed by atoms with Crippen LogP contribution >= 0.6 is 0 Å². The summed E-state index contributed by atoms with van der Waals surface area (Å²) in [5.41, 5.74) is -0.800. The van der Waals surface area contributed by atoms with Gasteiger partial charge >= 0.3 is 417 Å². The van der Waals surface area contributed by atoms with E-state index in [0.717, 1.165) is 32.3 Å². The molecule has 12 rings (SSSR count). The molecule has 0 aromatic heterocycles. The molecule has 12 aromatic carbocycles. The van der Waals surface area contributed by atoms with Crippen molar-refractivity contribution in [1.82, 2.24) is 0 Å². The van der Waals surface area contributed by atoms with Gasteiger partial charge in [0.25, 0.3) is 0 Å². The van der Waals surface area contributed by atoms with Gasteiger partial charge in [0.1, 0.15) is 0 Å². The third-order valence-electron chi connectivity index (χ3n) is 12.2. The minimum Gasteiger partial charge on any atom is -0.545 e. The Kier molecular flexibility index (Phi) is 58.0. The molecule has 0 aliphatic heterocycles. The van der Waals surface area contributed by atoms with Crippen molar-refractivity contribution in [1.29, 1.82) is 0 Å². The SMILES string of the molecule is C.O=C([O-])c1cc2ccccc2cc1C(=O)[O-].O=C([O-])c1cc2ccccc2cc1C(=O)[O-].O=C([O-])c1ccc2c[c-]ccc2c1.O=C([O-])c1ccc2ccccc2c1.O=C([O-])c1ccc2ccccc2c1.O=C=O.[K+].[K+].[K+].[K+].[K+].[K+].[K+].[K+].c1ccc2ccccc2c1. The number of fused-ring (bicyclic) bond motifs is 6. The Morgan fingerprint density at radius 1 is 0.247 bits per heavy atom. The molecular weight excluding hydrogens is 1400 g/mol. The molecule has 0 heterocycles. The normalized spacial score (nSPS) is 8.95. The standard InChI is InChI=1S/2C12H8O4.2C11H8O2.C11H7O2.C10H8.CO2.CH4.8K/c2*13-11(14)9-5-7-3-1-2-4-8(7)6-10(9)12(15)16;3*12-11(13)10-6-5-8-3-1-2-4-9(8)7-10;1-2-6-10-8-4-3-7-9(10)5-1;2-1-3;;;;;;;;;/h2*1-6H,(H,13,14)(H,15,16);2*1-7H,(H,12,13);2-7H,(H,12,13);1-8H;;1H4;;;;;;;;/q;;;;-1;;;;8*+1/p-7. The van der Waals surface area contributed by atoms with E-state index in [4.69, 9.17) is 9.59 Å². The number of carbonyl (C=O) groups is 7. The number of hydrogen-bond donors (Lipinski definition) is 0. The van der Waals surface area contributed by atoms with Gasteiger partial charge in [0.2, 0.25) is 0 Å². The maximum absolute atomic E-state index is 10.8. The summed E-state index contributed by atoms with van der Waals surface area (Å²) in [6.45, 7) is 0. The number of hydrogen-bond acceptors (Lipinski definition) is 16. The topological polar surface area (TPSA) is 315 Å². The minimum atomic E-state index is -1.52. The molecule has 24 heteroatoms. The minimum absolute atomic E-state index is 0. The van der Waals surface area contributed by atoms with Crippen LogP contribution in [0, 0.1) is 6.07 Å². The summed E-state index contributed by atoms with van der Waals surface area (Å²) in [7, 11) is 0. The summed E-state index contributed by atoms with van der Waals surface area (Å²) in [6.07, 6.45) is 0.250. The Labute approximate surface area is 876 Å². The summed E-state index contributed by atoms with van der Waals surface area (Å²) in [6, 6.07) is 73.8. The van der Waals surface area contributed by atoms with Crippen LogP contribution in [0.1, 0.15) is 79.9 Å². The van der Waals surface area contributed by atoms with Gasteiger partial charge in [-0.15, -0.1) is 16.8 Å². The van der Waals surface area contributed by atoms with Crippen LogP contribution < -0.4 is 447 Å². The first kappa shape index (κ1) is 100. The molecule has 0 N–H and O–H groups in total. The molecule has 0 radical (unpaired) electrons. The van der Waals surface area contributed by atoms with E-state index in [-0.39, 0.29) is 464 Å². The predicted octanol–water partition coefficient (Wildman–Crippen LogP) is -18.5. The van der Waals surface area contributed by atoms with E-state index in [9.17, 15) is 69.3 Å². The van der Waals surface area contributed by atoms with Gasteiger partial charge in [-0.05, 0) is 107 Å². The molecule has 0 fully saturated rings. The van der Waals surface area contributed by atoms with E-state index in [1.54, 1.807) is 103 Å². The monoisotopic (exact) mass is 1440 g/mol. The first-order valence-electron chi connectivity index (χ1n) is 24.7. The second-order valence-corrected chi connectivity index (χ2v) is 17.5. The average Bonchev–Trinajstić information content (AvgIpc) is 1.08. The van der Waals surface area contributed by atoms with Crippen molar-refractivity contribution >= 4 is 113 Å². The predicted molar refractivity (Wildman–Crippen MR) is 305 cm³/mol. The third kappa shape index (κ3) is 32.9. The number of benzene rings is 12. The van der Waals surface area contributed by atoms with Crippen LogP contribution in [-0.4, -0.2) is 47.9 Å². The second-order valence-electron chi connectivity index (χ2n) is 17.5. The first-order valence-corrected chi connectivity index (χ1v) is 24.7. The van der Waals surface area contributed by atoms with Crippen molar-refractivity contribution in [3.8, 4) is 0 Å². The summed E-state index contributed by atoms with van der Waals surface area (Å²) in [5.74, 6) is -9.50. The number of carbonyl (C=O) groups excluding carboxylic acids is 9. The third-order valence-corrected chi connectivity index (χ3v) is 12.2. The molecule has 0 bridgehead atoms. The van der Waals surface area contributed by atoms with Crippen LogP contribution in [0.25, 0.3) is 64.6 Å². The largest absolute Gasteiger partial charge is 1.00 e. The van der Waals surface area contributed by atoms with Crippen molar-refractivity contribution in [3.05, 3.63) is 288 Å². The first-order chi connectivity index (χ1) is 40.4. The van der Waals surface area contributed by atoms with Crippen LogP contribution in [0.4, 0.5) is 0 Å². The van der Waals surface area contributed by atoms with Crippen LogP contribution in [0.3, 0.4) is 0 Å². The van der Waals surface area contributed by atoms with Gasteiger partial charge in [-0.1, -0.05) is 189 Å². The Bertz CT molecular complexity index is 3980. The van der Waals surface area contributed by atoms with Crippen molar-refractivity contribution in [2.24, 2.45) is 0 Å². The van der Waals surface area contributed by atoms with E-state index < -0.39 is 41.8 Å². The summed E-state index contributed by atoms with van der Waals surface area (Å²) < 4.78 is 0. The molecule has 424 valence electrons. The van der Waals surface area contributed by atoms with Crippen molar-refractivity contribution in [2.75, 3.05) is 0 Å². The molecule has 0 saturated carbocycles. The molecule has 0 atom stereocenters. The molecule has 0 saturated heterocycles. The maximum Gasteiger partial charge on any atom is 1.00 e. The summed E-state index contributed by atoms with van der Waals surface area (Å²) >= 11 is 0. The quantitative estimate of drug-likeness (QED) is 0.106. The van der Waals surface area contributed by atoms with E-state index in [2.05, 4.69) is 54.6 Å². The van der Waals surface area contributed by atoms with E-state index in [1.807, 2.05) is 60.7 Å². The fourth-order valence-electron chi connectivity index (χ4n) is 8.17. The number of carboxylic acid groups (broad SMARTS) is 7. The molecule has 12 aromatic rings. The number of aromatic carboxylic acids is 7. The number of carboxylic acids is 7. The van der Waals surface area contributed by atoms with E-state index in [0.29, 0.717) is 21.5 Å². The molecule has 16 nitrogen and oxygen atoms in total. The molecule has 0 amide bonds. The van der Waals surface area contributed by atoms with Crippen LogP contribution in [0.5, 0.6) is 0 Å². The van der Waals surface area contributed by atoms with Crippen molar-refractivity contribution in [3.63, 3.8) is 0 Å². The fraction of sp³-hybridized carbons (Fsp3) is 0.0145.